The van der Waals surface area contributed by atoms with Gasteiger partial charge in [-0.1, -0.05) is 0 Å². The smallest absolute Gasteiger partial charge is 0.315 e. The molecule has 0 aromatic carbocycles. The first kappa shape index (κ1) is 13.7. The number of aliphatic carboxylic acids is 1. The number of carbonyl (C=O) groups excluding carboxylic acids is 1. The second kappa shape index (κ2) is 7.05. The summed E-state index contributed by atoms with van der Waals surface area (Å²) in [6.07, 6.45) is -0.640. The highest BCUT2D eigenvalue weighted by atomic mass is 16.4. The Morgan fingerprint density at radius 3 is 2.40 bits per heavy atom. The standard InChI is InChI=1S/C9H18N2O4/c1-3-10-9(15)11-7(6(2)12)4-5-8(13)14/h6-7,12H,3-5H2,1-2H3,(H,13,14)(H2,10,11,15)/t6?,7-/m0/s1. The van der Waals surface area contributed by atoms with E-state index in [1.54, 1.807) is 6.92 Å². The molecule has 2 atom stereocenters. The van der Waals surface area contributed by atoms with E-state index in [0.29, 0.717) is 6.54 Å². The van der Waals surface area contributed by atoms with E-state index in [0.717, 1.165) is 0 Å². The van der Waals surface area contributed by atoms with Crippen molar-refractivity contribution in [3.05, 3.63) is 0 Å². The third kappa shape index (κ3) is 6.73. The van der Waals surface area contributed by atoms with Gasteiger partial charge in [0, 0.05) is 13.0 Å². The summed E-state index contributed by atoms with van der Waals surface area (Å²) in [5.74, 6) is -0.946. The van der Waals surface area contributed by atoms with Crippen molar-refractivity contribution in [1.82, 2.24) is 10.6 Å². The van der Waals surface area contributed by atoms with Crippen molar-refractivity contribution >= 4 is 12.0 Å². The molecule has 0 heterocycles. The molecule has 1 unspecified atom stereocenters. The lowest BCUT2D eigenvalue weighted by Crippen LogP contribution is -2.47. The largest absolute Gasteiger partial charge is 0.481 e. The van der Waals surface area contributed by atoms with E-state index in [2.05, 4.69) is 10.6 Å². The van der Waals surface area contributed by atoms with Gasteiger partial charge in [0.2, 0.25) is 0 Å². The van der Waals surface area contributed by atoms with Gasteiger partial charge in [-0.3, -0.25) is 4.79 Å². The molecule has 0 aromatic heterocycles. The van der Waals surface area contributed by atoms with Crippen molar-refractivity contribution in [1.29, 1.82) is 0 Å². The first-order chi connectivity index (χ1) is 6.97. The molecule has 6 nitrogen and oxygen atoms in total. The minimum Gasteiger partial charge on any atom is -0.481 e. The lowest BCUT2D eigenvalue weighted by Gasteiger charge is -2.20. The van der Waals surface area contributed by atoms with Crippen molar-refractivity contribution in [3.63, 3.8) is 0 Å². The molecule has 0 aliphatic heterocycles. The summed E-state index contributed by atoms with van der Waals surface area (Å²) in [6, 6.07) is -0.929. The zero-order valence-electron chi connectivity index (χ0n) is 8.99. The zero-order chi connectivity index (χ0) is 11.8. The summed E-state index contributed by atoms with van der Waals surface area (Å²) < 4.78 is 0. The van der Waals surface area contributed by atoms with Gasteiger partial charge in [0.25, 0.3) is 0 Å². The van der Waals surface area contributed by atoms with Crippen LogP contribution in [0.2, 0.25) is 0 Å². The number of hydrogen-bond donors (Lipinski definition) is 4. The fourth-order valence-corrected chi connectivity index (χ4v) is 1.09. The van der Waals surface area contributed by atoms with Crippen LogP contribution in [0.25, 0.3) is 0 Å². The molecule has 0 aromatic rings. The van der Waals surface area contributed by atoms with Crippen LogP contribution >= 0.6 is 0 Å². The van der Waals surface area contributed by atoms with Crippen LogP contribution in [0.4, 0.5) is 4.79 Å². The summed E-state index contributed by atoms with van der Waals surface area (Å²) in [7, 11) is 0. The summed E-state index contributed by atoms with van der Waals surface area (Å²) in [5.41, 5.74) is 0. The SMILES string of the molecule is CCNC(=O)N[C@@H](CCC(=O)O)C(C)O. The van der Waals surface area contributed by atoms with Crippen LogP contribution in [0.3, 0.4) is 0 Å². The first-order valence-corrected chi connectivity index (χ1v) is 4.91. The van der Waals surface area contributed by atoms with Crippen LogP contribution in [0.15, 0.2) is 0 Å². The molecule has 0 aliphatic rings. The van der Waals surface area contributed by atoms with Crippen LogP contribution in [-0.4, -0.2) is 40.9 Å². The molecule has 0 radical (unpaired) electrons. The van der Waals surface area contributed by atoms with Gasteiger partial charge < -0.3 is 20.8 Å². The van der Waals surface area contributed by atoms with Gasteiger partial charge in [-0.15, -0.1) is 0 Å². The van der Waals surface area contributed by atoms with Crippen LogP contribution in [0.5, 0.6) is 0 Å². The number of carbonyl (C=O) groups is 2. The fourth-order valence-electron chi connectivity index (χ4n) is 1.09. The minimum atomic E-state index is -0.946. The number of aliphatic hydroxyl groups excluding tert-OH is 1. The van der Waals surface area contributed by atoms with Crippen molar-refractivity contribution in [2.45, 2.75) is 38.8 Å². The van der Waals surface area contributed by atoms with E-state index in [-0.39, 0.29) is 12.8 Å². The third-order valence-electron chi connectivity index (χ3n) is 1.91. The highest BCUT2D eigenvalue weighted by molar-refractivity contribution is 5.74. The molecule has 4 N–H and O–H groups in total. The number of amides is 2. The lowest BCUT2D eigenvalue weighted by molar-refractivity contribution is -0.137. The first-order valence-electron chi connectivity index (χ1n) is 4.91. The number of rotatable bonds is 6. The Hall–Kier alpha value is -1.30. The third-order valence-corrected chi connectivity index (χ3v) is 1.91. The Morgan fingerprint density at radius 1 is 1.40 bits per heavy atom. The van der Waals surface area contributed by atoms with Gasteiger partial charge in [-0.25, -0.2) is 4.79 Å². The quantitative estimate of drug-likeness (QED) is 0.501. The number of carboxylic acids is 1. The summed E-state index contributed by atoms with van der Waals surface area (Å²) in [4.78, 5) is 21.4. The van der Waals surface area contributed by atoms with Crippen LogP contribution < -0.4 is 10.6 Å². The molecule has 0 rings (SSSR count). The van der Waals surface area contributed by atoms with Gasteiger partial charge >= 0.3 is 12.0 Å². The topological polar surface area (TPSA) is 98.7 Å². The molecule has 0 saturated heterocycles. The maximum Gasteiger partial charge on any atom is 0.315 e. The number of aliphatic hydroxyl groups is 1. The van der Waals surface area contributed by atoms with Gasteiger partial charge in [-0.05, 0) is 20.3 Å². The second-order valence-electron chi connectivity index (χ2n) is 3.28. The van der Waals surface area contributed by atoms with Crippen molar-refractivity contribution < 1.29 is 19.8 Å². The number of carboxylic acid groups (broad SMARTS) is 1. The molecule has 0 spiro atoms. The molecule has 2 amide bonds. The van der Waals surface area contributed by atoms with Crippen molar-refractivity contribution in [2.75, 3.05) is 6.54 Å². The molecule has 88 valence electrons. The monoisotopic (exact) mass is 218 g/mol. The van der Waals surface area contributed by atoms with Crippen LogP contribution in [-0.2, 0) is 4.79 Å². The molecular weight excluding hydrogens is 200 g/mol. The van der Waals surface area contributed by atoms with Crippen LogP contribution in [0.1, 0.15) is 26.7 Å². The number of hydrogen-bond acceptors (Lipinski definition) is 3. The van der Waals surface area contributed by atoms with E-state index in [1.165, 1.54) is 6.92 Å². The molecule has 6 heteroatoms. The Bertz CT molecular complexity index is 218. The highest BCUT2D eigenvalue weighted by Gasteiger charge is 2.18. The zero-order valence-corrected chi connectivity index (χ0v) is 8.99. The molecule has 0 aliphatic carbocycles. The molecule has 15 heavy (non-hydrogen) atoms. The van der Waals surface area contributed by atoms with Crippen molar-refractivity contribution in [2.24, 2.45) is 0 Å². The van der Waals surface area contributed by atoms with Crippen LogP contribution in [0, 0.1) is 0 Å². The second-order valence-corrected chi connectivity index (χ2v) is 3.28. The average Bonchev–Trinajstić information content (AvgIpc) is 2.11. The maximum absolute atomic E-state index is 11.1. The van der Waals surface area contributed by atoms with Crippen molar-refractivity contribution in [3.8, 4) is 0 Å². The molecular formula is C9H18N2O4. The maximum atomic E-state index is 11.1. The molecule has 0 fully saturated rings. The summed E-state index contributed by atoms with van der Waals surface area (Å²) in [5, 5.41) is 22.8. The van der Waals surface area contributed by atoms with E-state index in [9.17, 15) is 14.7 Å². The Labute approximate surface area is 88.7 Å². The lowest BCUT2D eigenvalue weighted by atomic mass is 10.1. The van der Waals surface area contributed by atoms with E-state index < -0.39 is 24.1 Å². The Balaban J connectivity index is 4.04. The summed E-state index contributed by atoms with van der Waals surface area (Å²) in [6.45, 7) is 3.77. The molecule has 0 bridgehead atoms. The average molecular weight is 218 g/mol. The van der Waals surface area contributed by atoms with E-state index in [1.807, 2.05) is 0 Å². The number of nitrogens with one attached hydrogen (secondary N) is 2. The normalized spacial score (nSPS) is 14.1. The Kier molecular flexibility index (Phi) is 6.44. The van der Waals surface area contributed by atoms with Gasteiger partial charge in [0.05, 0.1) is 12.1 Å². The Morgan fingerprint density at radius 2 is 2.00 bits per heavy atom. The van der Waals surface area contributed by atoms with E-state index in [4.69, 9.17) is 5.11 Å². The predicted molar refractivity (Wildman–Crippen MR) is 54.5 cm³/mol. The van der Waals surface area contributed by atoms with Gasteiger partial charge in [0.1, 0.15) is 0 Å². The highest BCUT2D eigenvalue weighted by Crippen LogP contribution is 2.02. The molecule has 0 saturated carbocycles. The fraction of sp³-hybridized carbons (Fsp3) is 0.778. The number of urea groups is 1. The minimum absolute atomic E-state index is 0.0814. The van der Waals surface area contributed by atoms with Gasteiger partial charge in [-0.2, -0.15) is 0 Å². The van der Waals surface area contributed by atoms with E-state index >= 15 is 0 Å². The predicted octanol–water partition coefficient (Wildman–Crippen LogP) is -0.0803. The summed E-state index contributed by atoms with van der Waals surface area (Å²) >= 11 is 0. The van der Waals surface area contributed by atoms with Gasteiger partial charge in [0.15, 0.2) is 0 Å².